The van der Waals surface area contributed by atoms with Gasteiger partial charge in [0, 0.05) is 25.2 Å². The van der Waals surface area contributed by atoms with E-state index in [0.29, 0.717) is 13.1 Å². The molecule has 1 aromatic rings. The molecule has 0 radical (unpaired) electrons. The zero-order valence-corrected chi connectivity index (χ0v) is 7.98. The number of hydrogen-bond acceptors (Lipinski definition) is 3. The number of phenolic OH excluding ortho intramolecular Hbond substituents is 1. The van der Waals surface area contributed by atoms with Crippen molar-refractivity contribution in [3.63, 3.8) is 0 Å². The first-order valence-corrected chi connectivity index (χ1v) is 4.61. The van der Waals surface area contributed by atoms with E-state index >= 15 is 0 Å². The Morgan fingerprint density at radius 1 is 1.53 bits per heavy atom. The third kappa shape index (κ3) is 1.78. The number of hydrogen-bond donors (Lipinski definition) is 2. The second-order valence-electron chi connectivity index (χ2n) is 3.63. The normalized spacial score (nSPS) is 16.3. The predicted octanol–water partition coefficient (Wildman–Crippen LogP) is 0.314. The van der Waals surface area contributed by atoms with Crippen LogP contribution < -0.4 is 5.73 Å². The van der Waals surface area contributed by atoms with Crippen molar-refractivity contribution in [1.82, 2.24) is 4.90 Å². The number of carbonyl (C=O) groups is 1. The van der Waals surface area contributed by atoms with Crippen molar-refractivity contribution in [2.45, 2.75) is 6.04 Å². The predicted molar refractivity (Wildman–Crippen MR) is 51.9 cm³/mol. The number of phenols is 1. The van der Waals surface area contributed by atoms with Gasteiger partial charge in [0.2, 0.25) is 0 Å². The Morgan fingerprint density at radius 2 is 2.20 bits per heavy atom. The van der Waals surface area contributed by atoms with Crippen LogP contribution in [0.1, 0.15) is 10.4 Å². The third-order valence-electron chi connectivity index (χ3n) is 2.39. The molecule has 0 bridgehead atoms. The lowest BCUT2D eigenvalue weighted by molar-refractivity contribution is 0.0605. The summed E-state index contributed by atoms with van der Waals surface area (Å²) in [5.74, 6) is -1.21. The van der Waals surface area contributed by atoms with Crippen LogP contribution in [0.5, 0.6) is 5.75 Å². The minimum atomic E-state index is -0.565. The van der Waals surface area contributed by atoms with Crippen LogP contribution in [0.25, 0.3) is 0 Å². The van der Waals surface area contributed by atoms with E-state index in [2.05, 4.69) is 0 Å². The molecule has 1 heterocycles. The SMILES string of the molecule is NC1CN(C(=O)c2ccc(F)cc2O)C1. The number of halogens is 1. The number of likely N-dealkylation sites (tertiary alicyclic amines) is 1. The van der Waals surface area contributed by atoms with Gasteiger partial charge in [0.25, 0.3) is 5.91 Å². The summed E-state index contributed by atoms with van der Waals surface area (Å²) in [6.45, 7) is 0.964. The fourth-order valence-corrected chi connectivity index (χ4v) is 1.53. The van der Waals surface area contributed by atoms with Crippen molar-refractivity contribution in [3.05, 3.63) is 29.6 Å². The number of amides is 1. The second kappa shape index (κ2) is 3.51. The van der Waals surface area contributed by atoms with Crippen molar-refractivity contribution in [1.29, 1.82) is 0 Å². The molecule has 3 N–H and O–H groups in total. The van der Waals surface area contributed by atoms with Crippen molar-refractivity contribution < 1.29 is 14.3 Å². The van der Waals surface area contributed by atoms with Crippen LogP contribution in [0, 0.1) is 5.82 Å². The molecule has 80 valence electrons. The van der Waals surface area contributed by atoms with Gasteiger partial charge in [-0.05, 0) is 12.1 Å². The number of nitrogens with zero attached hydrogens (tertiary/aromatic N) is 1. The minimum absolute atomic E-state index is 0.0107. The molecular weight excluding hydrogens is 199 g/mol. The van der Waals surface area contributed by atoms with E-state index in [0.717, 1.165) is 12.1 Å². The first-order chi connectivity index (χ1) is 7.08. The maximum atomic E-state index is 12.7. The summed E-state index contributed by atoms with van der Waals surface area (Å²) in [5, 5.41) is 9.38. The van der Waals surface area contributed by atoms with Crippen molar-refractivity contribution in [2.75, 3.05) is 13.1 Å². The largest absolute Gasteiger partial charge is 0.507 e. The summed E-state index contributed by atoms with van der Waals surface area (Å²) in [5.41, 5.74) is 5.64. The molecule has 1 saturated heterocycles. The molecule has 1 aromatic carbocycles. The maximum absolute atomic E-state index is 12.7. The van der Waals surface area contributed by atoms with Crippen LogP contribution in [0.3, 0.4) is 0 Å². The van der Waals surface area contributed by atoms with Crippen LogP contribution in [-0.4, -0.2) is 35.0 Å². The van der Waals surface area contributed by atoms with E-state index in [1.807, 2.05) is 0 Å². The fourth-order valence-electron chi connectivity index (χ4n) is 1.53. The Labute approximate surface area is 86.1 Å². The van der Waals surface area contributed by atoms with E-state index in [1.54, 1.807) is 0 Å². The molecule has 0 spiro atoms. The third-order valence-corrected chi connectivity index (χ3v) is 2.39. The van der Waals surface area contributed by atoms with E-state index in [4.69, 9.17) is 5.73 Å². The van der Waals surface area contributed by atoms with Gasteiger partial charge >= 0.3 is 0 Å². The molecule has 0 unspecified atom stereocenters. The van der Waals surface area contributed by atoms with Gasteiger partial charge in [-0.1, -0.05) is 0 Å². The molecule has 1 aliphatic rings. The summed E-state index contributed by atoms with van der Waals surface area (Å²) < 4.78 is 12.7. The quantitative estimate of drug-likeness (QED) is 0.701. The average molecular weight is 210 g/mol. The van der Waals surface area contributed by atoms with E-state index in [9.17, 15) is 14.3 Å². The monoisotopic (exact) mass is 210 g/mol. The Bertz CT molecular complexity index is 402. The Kier molecular flexibility index (Phi) is 2.32. The van der Waals surface area contributed by atoms with Gasteiger partial charge in [-0.3, -0.25) is 4.79 Å². The summed E-state index contributed by atoms with van der Waals surface area (Å²) in [7, 11) is 0. The summed E-state index contributed by atoms with van der Waals surface area (Å²) in [6.07, 6.45) is 0. The zero-order chi connectivity index (χ0) is 11.0. The van der Waals surface area contributed by atoms with Gasteiger partial charge in [0.15, 0.2) is 0 Å². The van der Waals surface area contributed by atoms with E-state index in [1.165, 1.54) is 11.0 Å². The lowest BCUT2D eigenvalue weighted by Crippen LogP contribution is -2.57. The van der Waals surface area contributed by atoms with Crippen LogP contribution in [0.4, 0.5) is 4.39 Å². The van der Waals surface area contributed by atoms with Crippen LogP contribution in [0.2, 0.25) is 0 Å². The number of nitrogens with two attached hydrogens (primary N) is 1. The number of benzene rings is 1. The van der Waals surface area contributed by atoms with Gasteiger partial charge in [-0.2, -0.15) is 0 Å². The minimum Gasteiger partial charge on any atom is -0.507 e. The summed E-state index contributed by atoms with van der Waals surface area (Å²) in [4.78, 5) is 13.2. The molecule has 0 saturated carbocycles. The Morgan fingerprint density at radius 3 is 2.73 bits per heavy atom. The first-order valence-electron chi connectivity index (χ1n) is 4.61. The van der Waals surface area contributed by atoms with Crippen LogP contribution in [-0.2, 0) is 0 Å². The highest BCUT2D eigenvalue weighted by Gasteiger charge is 2.29. The van der Waals surface area contributed by atoms with E-state index in [-0.39, 0.29) is 23.3 Å². The van der Waals surface area contributed by atoms with Gasteiger partial charge in [-0.15, -0.1) is 0 Å². The molecule has 0 aromatic heterocycles. The average Bonchev–Trinajstić information content (AvgIpc) is 2.12. The highest BCUT2D eigenvalue weighted by molar-refractivity contribution is 5.97. The Balaban J connectivity index is 2.19. The molecule has 0 atom stereocenters. The Hall–Kier alpha value is -1.62. The maximum Gasteiger partial charge on any atom is 0.257 e. The van der Waals surface area contributed by atoms with Crippen LogP contribution >= 0.6 is 0 Å². The fraction of sp³-hybridized carbons (Fsp3) is 0.300. The van der Waals surface area contributed by atoms with Gasteiger partial charge in [-0.25, -0.2) is 4.39 Å². The van der Waals surface area contributed by atoms with Crippen molar-refractivity contribution in [2.24, 2.45) is 5.73 Å². The molecule has 15 heavy (non-hydrogen) atoms. The van der Waals surface area contributed by atoms with Gasteiger partial charge < -0.3 is 15.7 Å². The molecule has 1 amide bonds. The van der Waals surface area contributed by atoms with E-state index < -0.39 is 5.82 Å². The highest BCUT2D eigenvalue weighted by Crippen LogP contribution is 2.21. The van der Waals surface area contributed by atoms with Gasteiger partial charge in [0.05, 0.1) is 5.56 Å². The molecular formula is C10H11FN2O2. The topological polar surface area (TPSA) is 66.6 Å². The lowest BCUT2D eigenvalue weighted by Gasteiger charge is -2.36. The van der Waals surface area contributed by atoms with Gasteiger partial charge in [0.1, 0.15) is 11.6 Å². The number of aromatic hydroxyl groups is 1. The molecule has 1 aliphatic heterocycles. The molecule has 0 aliphatic carbocycles. The van der Waals surface area contributed by atoms with Crippen LogP contribution in [0.15, 0.2) is 18.2 Å². The highest BCUT2D eigenvalue weighted by atomic mass is 19.1. The summed E-state index contributed by atoms with van der Waals surface area (Å²) in [6, 6.07) is 3.35. The second-order valence-corrected chi connectivity index (χ2v) is 3.63. The number of rotatable bonds is 1. The van der Waals surface area contributed by atoms with Crippen molar-refractivity contribution >= 4 is 5.91 Å². The smallest absolute Gasteiger partial charge is 0.257 e. The number of carbonyl (C=O) groups excluding carboxylic acids is 1. The molecule has 2 rings (SSSR count). The zero-order valence-electron chi connectivity index (χ0n) is 7.98. The first kappa shape index (κ1) is 9.92. The standard InChI is InChI=1S/C10H11FN2O2/c11-6-1-2-8(9(14)3-6)10(15)13-4-7(12)5-13/h1-3,7,14H,4-5,12H2. The molecule has 1 fully saturated rings. The summed E-state index contributed by atoms with van der Waals surface area (Å²) >= 11 is 0. The molecule has 4 nitrogen and oxygen atoms in total. The lowest BCUT2D eigenvalue weighted by atomic mass is 10.1. The molecule has 5 heteroatoms. The van der Waals surface area contributed by atoms with Crippen molar-refractivity contribution in [3.8, 4) is 5.75 Å².